The highest BCUT2D eigenvalue weighted by molar-refractivity contribution is 5.37. The summed E-state index contributed by atoms with van der Waals surface area (Å²) < 4.78 is 0. The quantitative estimate of drug-likeness (QED) is 0.570. The second kappa shape index (κ2) is 2.37. The molecule has 57 valence electrons. The Morgan fingerprint density at radius 3 is 2.64 bits per heavy atom. The van der Waals surface area contributed by atoms with Crippen molar-refractivity contribution in [1.29, 1.82) is 0 Å². The van der Waals surface area contributed by atoms with Gasteiger partial charge in [-0.2, -0.15) is 0 Å². The van der Waals surface area contributed by atoms with E-state index < -0.39 is 0 Å². The summed E-state index contributed by atoms with van der Waals surface area (Å²) in [5.41, 5.74) is 4.39. The molecule has 0 bridgehead atoms. The van der Waals surface area contributed by atoms with Crippen LogP contribution in [-0.2, 0) is 0 Å². The Kier molecular flexibility index (Phi) is 1.49. The molecule has 0 N–H and O–H groups in total. The number of hydrogen-bond donors (Lipinski definition) is 0. The molecule has 1 aliphatic carbocycles. The van der Waals surface area contributed by atoms with Gasteiger partial charge >= 0.3 is 0 Å². The van der Waals surface area contributed by atoms with Gasteiger partial charge in [0.15, 0.2) is 0 Å². The van der Waals surface area contributed by atoms with E-state index in [4.69, 9.17) is 0 Å². The molecule has 1 aliphatic rings. The summed E-state index contributed by atoms with van der Waals surface area (Å²) in [5.74, 6) is 0.867. The molecule has 2 rings (SSSR count). The van der Waals surface area contributed by atoms with Gasteiger partial charge in [0.05, 0.1) is 0 Å². The van der Waals surface area contributed by atoms with Crippen LogP contribution in [0, 0.1) is 19.9 Å². The molecule has 0 heteroatoms. The lowest BCUT2D eigenvalue weighted by Gasteiger charge is -2.05. The predicted octanol–water partition coefficient (Wildman–Crippen LogP) is 2.98. The van der Waals surface area contributed by atoms with E-state index in [9.17, 15) is 0 Å². The number of aryl methyl sites for hydroxylation is 1. The van der Waals surface area contributed by atoms with Gasteiger partial charge in [-0.15, -0.1) is 0 Å². The molecule has 1 aromatic rings. The van der Waals surface area contributed by atoms with Crippen LogP contribution < -0.4 is 0 Å². The van der Waals surface area contributed by atoms with E-state index in [-0.39, 0.29) is 0 Å². The molecule has 0 heterocycles. The normalized spacial score (nSPS) is 16.9. The molecule has 1 saturated carbocycles. The Morgan fingerprint density at radius 2 is 2.00 bits per heavy atom. The smallest absolute Gasteiger partial charge is 0.0159 e. The first-order valence-electron chi connectivity index (χ1n) is 4.26. The minimum Gasteiger partial charge on any atom is -0.0512 e. The highest BCUT2D eigenvalue weighted by atomic mass is 14.3. The minimum atomic E-state index is 0.867. The van der Waals surface area contributed by atoms with E-state index in [1.165, 1.54) is 29.5 Å². The Hall–Kier alpha value is -0.780. The van der Waals surface area contributed by atoms with Crippen molar-refractivity contribution in [3.05, 3.63) is 34.9 Å². The first-order chi connectivity index (χ1) is 5.29. The molecule has 0 unspecified atom stereocenters. The number of benzene rings is 1. The lowest BCUT2D eigenvalue weighted by Crippen LogP contribution is -1.88. The maximum Gasteiger partial charge on any atom is -0.0159 e. The van der Waals surface area contributed by atoms with Crippen LogP contribution in [0.5, 0.6) is 0 Å². The van der Waals surface area contributed by atoms with Gasteiger partial charge < -0.3 is 0 Å². The molecule has 0 spiro atoms. The van der Waals surface area contributed by atoms with Crippen LogP contribution >= 0.6 is 0 Å². The number of rotatable bonds is 1. The van der Waals surface area contributed by atoms with E-state index in [1.54, 1.807) is 0 Å². The fourth-order valence-electron chi connectivity index (χ4n) is 1.52. The molecular weight excluding hydrogens is 132 g/mol. The summed E-state index contributed by atoms with van der Waals surface area (Å²) in [6.45, 7) is 4.38. The summed E-state index contributed by atoms with van der Waals surface area (Å²) in [7, 11) is 0. The molecule has 11 heavy (non-hydrogen) atoms. The van der Waals surface area contributed by atoms with Crippen molar-refractivity contribution >= 4 is 0 Å². The minimum absolute atomic E-state index is 0.867. The van der Waals surface area contributed by atoms with Crippen molar-refractivity contribution in [2.24, 2.45) is 0 Å². The van der Waals surface area contributed by atoms with Gasteiger partial charge in [0, 0.05) is 0 Å². The van der Waals surface area contributed by atoms with Crippen molar-refractivity contribution in [2.75, 3.05) is 0 Å². The second-order valence-electron chi connectivity index (χ2n) is 3.49. The maximum absolute atomic E-state index is 3.19. The van der Waals surface area contributed by atoms with Crippen molar-refractivity contribution in [3.8, 4) is 0 Å². The van der Waals surface area contributed by atoms with Gasteiger partial charge in [-0.3, -0.25) is 0 Å². The van der Waals surface area contributed by atoms with Crippen molar-refractivity contribution in [3.63, 3.8) is 0 Å². The van der Waals surface area contributed by atoms with Crippen LogP contribution in [-0.4, -0.2) is 0 Å². The molecule has 0 aromatic heterocycles. The van der Waals surface area contributed by atoms with Gasteiger partial charge in [-0.05, 0) is 55.4 Å². The number of hydrogen-bond acceptors (Lipinski definition) is 0. The molecule has 1 fully saturated rings. The second-order valence-corrected chi connectivity index (χ2v) is 3.49. The summed E-state index contributed by atoms with van der Waals surface area (Å²) in [6, 6.07) is 7.41. The van der Waals surface area contributed by atoms with Gasteiger partial charge in [0.1, 0.15) is 0 Å². The molecule has 0 aliphatic heterocycles. The topological polar surface area (TPSA) is 0 Å². The average molecular weight is 145 g/mol. The predicted molar refractivity (Wildman–Crippen MR) is 46.7 cm³/mol. The molecule has 0 amide bonds. The van der Waals surface area contributed by atoms with E-state index in [2.05, 4.69) is 32.0 Å². The van der Waals surface area contributed by atoms with E-state index in [0.29, 0.717) is 0 Å². The SMILES string of the molecule is Cc1c[c]cc(C2CC2)c1C. The van der Waals surface area contributed by atoms with E-state index >= 15 is 0 Å². The monoisotopic (exact) mass is 145 g/mol. The van der Waals surface area contributed by atoms with Gasteiger partial charge in [0.25, 0.3) is 0 Å². The largest absolute Gasteiger partial charge is 0.0512 e. The fraction of sp³-hybridized carbons (Fsp3) is 0.455. The lowest BCUT2D eigenvalue weighted by atomic mass is 10.0. The summed E-state index contributed by atoms with van der Waals surface area (Å²) in [5, 5.41) is 0. The standard InChI is InChI=1S/C11H13/c1-8-4-3-5-11(9(8)2)10-6-7-10/h4-5,10H,6-7H2,1-2H3. The van der Waals surface area contributed by atoms with Crippen LogP contribution in [0.15, 0.2) is 12.1 Å². The average Bonchev–Trinajstić information content (AvgIpc) is 2.77. The Morgan fingerprint density at radius 1 is 1.27 bits per heavy atom. The van der Waals surface area contributed by atoms with Crippen LogP contribution in [0.3, 0.4) is 0 Å². The van der Waals surface area contributed by atoms with E-state index in [1.807, 2.05) is 0 Å². The molecule has 1 radical (unpaired) electrons. The molecular formula is C11H13. The first-order valence-corrected chi connectivity index (χ1v) is 4.26. The van der Waals surface area contributed by atoms with Crippen LogP contribution in [0.2, 0.25) is 0 Å². The van der Waals surface area contributed by atoms with Crippen molar-refractivity contribution in [1.82, 2.24) is 0 Å². The van der Waals surface area contributed by atoms with Crippen LogP contribution in [0.4, 0.5) is 0 Å². The van der Waals surface area contributed by atoms with Gasteiger partial charge in [-0.25, -0.2) is 0 Å². The zero-order valence-electron chi connectivity index (χ0n) is 7.15. The zero-order chi connectivity index (χ0) is 7.84. The lowest BCUT2D eigenvalue weighted by molar-refractivity contribution is 1.08. The highest BCUT2D eigenvalue weighted by Gasteiger charge is 2.24. The summed E-state index contributed by atoms with van der Waals surface area (Å²) >= 11 is 0. The van der Waals surface area contributed by atoms with Gasteiger partial charge in [-0.1, -0.05) is 12.1 Å². The van der Waals surface area contributed by atoms with Crippen molar-refractivity contribution in [2.45, 2.75) is 32.6 Å². The molecule has 0 saturated heterocycles. The Bertz CT molecular complexity index is 269. The highest BCUT2D eigenvalue weighted by Crippen LogP contribution is 2.41. The Labute approximate surface area is 68.3 Å². The fourth-order valence-corrected chi connectivity index (χ4v) is 1.52. The summed E-state index contributed by atoms with van der Waals surface area (Å²) in [6.07, 6.45) is 2.77. The van der Waals surface area contributed by atoms with Gasteiger partial charge in [0.2, 0.25) is 0 Å². The summed E-state index contributed by atoms with van der Waals surface area (Å²) in [4.78, 5) is 0. The van der Waals surface area contributed by atoms with Crippen molar-refractivity contribution < 1.29 is 0 Å². The molecule has 0 atom stereocenters. The third kappa shape index (κ3) is 1.18. The maximum atomic E-state index is 3.19. The Balaban J connectivity index is 2.45. The third-order valence-electron chi connectivity index (χ3n) is 2.58. The zero-order valence-corrected chi connectivity index (χ0v) is 7.15. The third-order valence-corrected chi connectivity index (χ3v) is 2.58. The van der Waals surface area contributed by atoms with Crippen LogP contribution in [0.25, 0.3) is 0 Å². The molecule has 1 aromatic carbocycles. The van der Waals surface area contributed by atoms with Crippen LogP contribution in [0.1, 0.15) is 35.4 Å². The first kappa shape index (κ1) is 6.90. The van der Waals surface area contributed by atoms with E-state index in [0.717, 1.165) is 5.92 Å². The molecule has 0 nitrogen and oxygen atoms in total.